The second kappa shape index (κ2) is 5.31. The third-order valence-corrected chi connectivity index (χ3v) is 3.58. The molecule has 1 aliphatic rings. The van der Waals surface area contributed by atoms with E-state index in [1.54, 1.807) is 4.90 Å². The van der Waals surface area contributed by atoms with Crippen LogP contribution >= 0.6 is 0 Å². The molecule has 1 amide bonds. The maximum absolute atomic E-state index is 11.6. The summed E-state index contributed by atoms with van der Waals surface area (Å²) in [6.45, 7) is 5.74. The van der Waals surface area contributed by atoms with Crippen molar-refractivity contribution in [2.45, 2.75) is 26.8 Å². The van der Waals surface area contributed by atoms with Crippen LogP contribution in [0.25, 0.3) is 0 Å². The van der Waals surface area contributed by atoms with Gasteiger partial charge in [-0.25, -0.2) is 0 Å². The van der Waals surface area contributed by atoms with Crippen LogP contribution in [0.2, 0.25) is 0 Å². The monoisotopic (exact) mass is 262 g/mol. The lowest BCUT2D eigenvalue weighted by molar-refractivity contribution is -0.117. The fraction of sp³-hybridized carbons (Fsp3) is 0.533. The highest BCUT2D eigenvalue weighted by Crippen LogP contribution is 2.28. The second-order valence-electron chi connectivity index (χ2n) is 6.02. The van der Waals surface area contributed by atoms with Crippen LogP contribution in [0.5, 0.6) is 0 Å². The van der Waals surface area contributed by atoms with Crippen molar-refractivity contribution < 1.29 is 9.90 Å². The predicted octanol–water partition coefficient (Wildman–Crippen LogP) is 1.31. The van der Waals surface area contributed by atoms with Crippen LogP contribution in [-0.2, 0) is 17.8 Å². The van der Waals surface area contributed by atoms with Crippen molar-refractivity contribution in [3.63, 3.8) is 0 Å². The van der Waals surface area contributed by atoms with Crippen LogP contribution in [0.1, 0.15) is 25.0 Å². The molecule has 0 radical (unpaired) electrons. The standard InChI is InChI=1S/C15H22N2O2/c1-15(2,10-18)9-16-8-11-4-5-13-12(6-11)7-14(19)17(13)3/h4-6,16,18H,7-10H2,1-3H3. The summed E-state index contributed by atoms with van der Waals surface area (Å²) in [5.41, 5.74) is 3.20. The summed E-state index contributed by atoms with van der Waals surface area (Å²) in [4.78, 5) is 13.3. The molecule has 1 heterocycles. The van der Waals surface area contributed by atoms with E-state index < -0.39 is 0 Å². The Morgan fingerprint density at radius 1 is 1.42 bits per heavy atom. The van der Waals surface area contributed by atoms with E-state index >= 15 is 0 Å². The van der Waals surface area contributed by atoms with E-state index in [9.17, 15) is 9.90 Å². The molecule has 1 aliphatic heterocycles. The van der Waals surface area contributed by atoms with Crippen LogP contribution < -0.4 is 10.2 Å². The lowest BCUT2D eigenvalue weighted by atomic mass is 9.95. The zero-order valence-corrected chi connectivity index (χ0v) is 11.9. The first kappa shape index (κ1) is 14.0. The third kappa shape index (κ3) is 3.14. The van der Waals surface area contributed by atoms with E-state index in [4.69, 9.17) is 0 Å². The molecule has 0 aromatic heterocycles. The maximum Gasteiger partial charge on any atom is 0.231 e. The predicted molar refractivity (Wildman–Crippen MR) is 76.1 cm³/mol. The summed E-state index contributed by atoms with van der Waals surface area (Å²) in [6.07, 6.45) is 0.502. The Morgan fingerprint density at radius 3 is 2.84 bits per heavy atom. The van der Waals surface area contributed by atoms with Crippen molar-refractivity contribution in [2.75, 3.05) is 25.1 Å². The van der Waals surface area contributed by atoms with Gasteiger partial charge in [-0.1, -0.05) is 26.0 Å². The molecule has 2 N–H and O–H groups in total. The first-order valence-electron chi connectivity index (χ1n) is 6.63. The zero-order valence-electron chi connectivity index (χ0n) is 11.9. The van der Waals surface area contributed by atoms with E-state index in [0.717, 1.165) is 24.3 Å². The highest BCUT2D eigenvalue weighted by atomic mass is 16.3. The number of fused-ring (bicyclic) bond motifs is 1. The Kier molecular flexibility index (Phi) is 3.92. The highest BCUT2D eigenvalue weighted by Gasteiger charge is 2.23. The highest BCUT2D eigenvalue weighted by molar-refractivity contribution is 6.00. The molecule has 4 nitrogen and oxygen atoms in total. The Labute approximate surface area is 114 Å². The SMILES string of the molecule is CN1C(=O)Cc2cc(CNCC(C)(C)CO)ccc21. The van der Waals surface area contributed by atoms with Gasteiger partial charge in [-0.2, -0.15) is 0 Å². The number of hydrogen-bond acceptors (Lipinski definition) is 3. The molecule has 2 rings (SSSR count). The maximum atomic E-state index is 11.6. The van der Waals surface area contributed by atoms with Crippen LogP contribution in [0, 0.1) is 5.41 Å². The summed E-state index contributed by atoms with van der Waals surface area (Å²) in [5, 5.41) is 12.5. The summed E-state index contributed by atoms with van der Waals surface area (Å²) >= 11 is 0. The van der Waals surface area contributed by atoms with Gasteiger partial charge in [-0.15, -0.1) is 0 Å². The minimum Gasteiger partial charge on any atom is -0.396 e. The van der Waals surface area contributed by atoms with Crippen molar-refractivity contribution >= 4 is 11.6 Å². The van der Waals surface area contributed by atoms with Crippen LogP contribution in [0.15, 0.2) is 18.2 Å². The molecular weight excluding hydrogens is 240 g/mol. The van der Waals surface area contributed by atoms with Gasteiger partial charge < -0.3 is 15.3 Å². The normalized spacial score (nSPS) is 14.9. The number of aliphatic hydroxyl groups excluding tert-OH is 1. The number of aliphatic hydroxyl groups is 1. The Hall–Kier alpha value is -1.39. The average Bonchev–Trinajstić information content (AvgIpc) is 2.65. The van der Waals surface area contributed by atoms with Crippen molar-refractivity contribution in [1.29, 1.82) is 0 Å². The average molecular weight is 262 g/mol. The molecule has 0 fully saturated rings. The Bertz CT molecular complexity index is 483. The molecule has 4 heteroatoms. The number of carbonyl (C=O) groups is 1. The smallest absolute Gasteiger partial charge is 0.231 e. The van der Waals surface area contributed by atoms with Gasteiger partial charge in [0.1, 0.15) is 0 Å². The van der Waals surface area contributed by atoms with Gasteiger partial charge in [0.25, 0.3) is 0 Å². The molecule has 0 atom stereocenters. The van der Waals surface area contributed by atoms with E-state index in [2.05, 4.69) is 11.4 Å². The summed E-state index contributed by atoms with van der Waals surface area (Å²) in [7, 11) is 1.82. The first-order valence-corrected chi connectivity index (χ1v) is 6.63. The van der Waals surface area contributed by atoms with Gasteiger partial charge in [0.05, 0.1) is 6.42 Å². The largest absolute Gasteiger partial charge is 0.396 e. The number of nitrogens with one attached hydrogen (secondary N) is 1. The van der Waals surface area contributed by atoms with Crippen molar-refractivity contribution in [3.8, 4) is 0 Å². The van der Waals surface area contributed by atoms with Gasteiger partial charge in [0.2, 0.25) is 5.91 Å². The lowest BCUT2D eigenvalue weighted by Gasteiger charge is -2.22. The minimum absolute atomic E-state index is 0.104. The van der Waals surface area contributed by atoms with Crippen LogP contribution in [0.4, 0.5) is 5.69 Å². The molecule has 0 bridgehead atoms. The summed E-state index contributed by atoms with van der Waals surface area (Å²) in [5.74, 6) is 0.154. The lowest BCUT2D eigenvalue weighted by Crippen LogP contribution is -2.31. The van der Waals surface area contributed by atoms with E-state index in [-0.39, 0.29) is 17.9 Å². The Morgan fingerprint density at radius 2 is 2.16 bits per heavy atom. The summed E-state index contributed by atoms with van der Waals surface area (Å²) < 4.78 is 0. The molecule has 0 saturated heterocycles. The minimum atomic E-state index is -0.104. The molecule has 0 saturated carbocycles. The van der Waals surface area contributed by atoms with Gasteiger partial charge >= 0.3 is 0 Å². The molecule has 0 aliphatic carbocycles. The molecule has 1 aromatic rings. The zero-order chi connectivity index (χ0) is 14.0. The van der Waals surface area contributed by atoms with Crippen molar-refractivity contribution in [2.24, 2.45) is 5.41 Å². The molecule has 0 spiro atoms. The number of likely N-dealkylation sites (N-methyl/N-ethyl adjacent to an activating group) is 1. The number of benzene rings is 1. The number of carbonyl (C=O) groups excluding carboxylic acids is 1. The van der Waals surface area contributed by atoms with Crippen molar-refractivity contribution in [3.05, 3.63) is 29.3 Å². The first-order chi connectivity index (χ1) is 8.93. The van der Waals surface area contributed by atoms with Gasteiger partial charge in [-0.05, 0) is 17.2 Å². The van der Waals surface area contributed by atoms with Gasteiger partial charge in [-0.3, -0.25) is 4.79 Å². The van der Waals surface area contributed by atoms with E-state index in [0.29, 0.717) is 6.42 Å². The van der Waals surface area contributed by atoms with Crippen LogP contribution in [-0.4, -0.2) is 31.2 Å². The number of rotatable bonds is 5. The van der Waals surface area contributed by atoms with E-state index in [1.165, 1.54) is 5.56 Å². The molecule has 104 valence electrons. The number of hydrogen-bond donors (Lipinski definition) is 2. The van der Waals surface area contributed by atoms with Crippen molar-refractivity contribution in [1.82, 2.24) is 5.32 Å². The Balaban J connectivity index is 1.97. The molecule has 1 aromatic carbocycles. The fourth-order valence-electron chi connectivity index (χ4n) is 2.23. The number of amides is 1. The molecular formula is C15H22N2O2. The topological polar surface area (TPSA) is 52.6 Å². The molecule has 0 unspecified atom stereocenters. The number of nitrogens with zero attached hydrogens (tertiary/aromatic N) is 1. The van der Waals surface area contributed by atoms with Crippen LogP contribution in [0.3, 0.4) is 0 Å². The number of anilines is 1. The third-order valence-electron chi connectivity index (χ3n) is 3.58. The van der Waals surface area contributed by atoms with Gasteiger partial charge in [0.15, 0.2) is 0 Å². The van der Waals surface area contributed by atoms with E-state index in [1.807, 2.05) is 33.0 Å². The summed E-state index contributed by atoms with van der Waals surface area (Å²) in [6, 6.07) is 6.15. The fourth-order valence-corrected chi connectivity index (χ4v) is 2.23. The second-order valence-corrected chi connectivity index (χ2v) is 6.02. The van der Waals surface area contributed by atoms with Gasteiger partial charge in [0, 0.05) is 37.8 Å². The molecule has 19 heavy (non-hydrogen) atoms. The quantitative estimate of drug-likeness (QED) is 0.841.